The molecule has 0 aliphatic heterocycles. The maximum Gasteiger partial charge on any atom is 0.123 e. The SMILES string of the molecule is Cc1ccc(C(N)=S)c(NC(C)c2cccc(F)c2)c1. The standard InChI is InChI=1S/C16H17FN2S/c1-10-6-7-14(16(18)20)15(8-10)19-11(2)12-4-3-5-13(17)9-12/h3-9,11,19H,1-2H3,(H2,18,20). The Kier molecular flexibility index (Phi) is 4.35. The second-order valence-corrected chi connectivity index (χ2v) is 5.27. The molecule has 2 aromatic rings. The molecule has 0 radical (unpaired) electrons. The third kappa shape index (κ3) is 3.33. The fourth-order valence-corrected chi connectivity index (χ4v) is 2.26. The summed E-state index contributed by atoms with van der Waals surface area (Å²) in [6.45, 7) is 3.97. The number of aryl methyl sites for hydroxylation is 1. The number of thiocarbonyl (C=S) groups is 1. The number of hydrogen-bond donors (Lipinski definition) is 2. The first-order chi connectivity index (χ1) is 9.47. The van der Waals surface area contributed by atoms with Crippen LogP contribution < -0.4 is 11.1 Å². The number of halogens is 1. The van der Waals surface area contributed by atoms with Crippen molar-refractivity contribution in [2.75, 3.05) is 5.32 Å². The zero-order chi connectivity index (χ0) is 14.7. The van der Waals surface area contributed by atoms with Crippen LogP contribution in [0.1, 0.15) is 29.7 Å². The molecule has 0 aromatic heterocycles. The molecule has 104 valence electrons. The molecule has 2 nitrogen and oxygen atoms in total. The second-order valence-electron chi connectivity index (χ2n) is 4.83. The molecule has 4 heteroatoms. The van der Waals surface area contributed by atoms with Gasteiger partial charge in [-0.05, 0) is 49.2 Å². The Balaban J connectivity index is 2.29. The molecule has 0 aliphatic carbocycles. The van der Waals surface area contributed by atoms with Crippen molar-refractivity contribution in [2.45, 2.75) is 19.9 Å². The number of benzene rings is 2. The van der Waals surface area contributed by atoms with Gasteiger partial charge >= 0.3 is 0 Å². The van der Waals surface area contributed by atoms with E-state index in [2.05, 4.69) is 5.32 Å². The van der Waals surface area contributed by atoms with Gasteiger partial charge < -0.3 is 11.1 Å². The molecule has 0 heterocycles. The normalized spacial score (nSPS) is 11.9. The Bertz CT molecular complexity index is 640. The highest BCUT2D eigenvalue weighted by atomic mass is 32.1. The lowest BCUT2D eigenvalue weighted by molar-refractivity contribution is 0.623. The van der Waals surface area contributed by atoms with Gasteiger partial charge in [-0.3, -0.25) is 0 Å². The highest BCUT2D eigenvalue weighted by Crippen LogP contribution is 2.24. The van der Waals surface area contributed by atoms with Crippen molar-refractivity contribution < 1.29 is 4.39 Å². The van der Waals surface area contributed by atoms with E-state index in [1.165, 1.54) is 12.1 Å². The van der Waals surface area contributed by atoms with Crippen LogP contribution in [-0.4, -0.2) is 4.99 Å². The van der Waals surface area contributed by atoms with Crippen molar-refractivity contribution in [2.24, 2.45) is 5.73 Å². The van der Waals surface area contributed by atoms with Gasteiger partial charge in [0.05, 0.1) is 0 Å². The van der Waals surface area contributed by atoms with Gasteiger partial charge in [-0.1, -0.05) is 30.4 Å². The van der Waals surface area contributed by atoms with E-state index in [-0.39, 0.29) is 11.9 Å². The van der Waals surface area contributed by atoms with Crippen molar-refractivity contribution in [3.63, 3.8) is 0 Å². The zero-order valence-corrected chi connectivity index (χ0v) is 12.3. The Labute approximate surface area is 123 Å². The third-order valence-corrected chi connectivity index (χ3v) is 3.38. The van der Waals surface area contributed by atoms with Crippen molar-refractivity contribution in [3.05, 3.63) is 65.0 Å². The van der Waals surface area contributed by atoms with Gasteiger partial charge in [0, 0.05) is 17.3 Å². The number of rotatable bonds is 4. The minimum Gasteiger partial charge on any atom is -0.389 e. The molecular formula is C16H17FN2S. The van der Waals surface area contributed by atoms with Crippen molar-refractivity contribution in [1.29, 1.82) is 0 Å². The van der Waals surface area contributed by atoms with E-state index in [1.54, 1.807) is 6.07 Å². The lowest BCUT2D eigenvalue weighted by Gasteiger charge is -2.19. The van der Waals surface area contributed by atoms with Crippen LogP contribution in [-0.2, 0) is 0 Å². The number of nitrogens with two attached hydrogens (primary N) is 1. The highest BCUT2D eigenvalue weighted by molar-refractivity contribution is 7.80. The summed E-state index contributed by atoms with van der Waals surface area (Å²) in [6, 6.07) is 12.4. The summed E-state index contributed by atoms with van der Waals surface area (Å²) in [7, 11) is 0. The van der Waals surface area contributed by atoms with E-state index in [0.717, 1.165) is 22.4 Å². The van der Waals surface area contributed by atoms with E-state index in [9.17, 15) is 4.39 Å². The lowest BCUT2D eigenvalue weighted by Crippen LogP contribution is -2.15. The van der Waals surface area contributed by atoms with Gasteiger partial charge in [0.15, 0.2) is 0 Å². The molecule has 3 N–H and O–H groups in total. The monoisotopic (exact) mass is 288 g/mol. The molecule has 2 rings (SSSR count). The fourth-order valence-electron chi connectivity index (χ4n) is 2.08. The number of anilines is 1. The molecule has 0 saturated heterocycles. The quantitative estimate of drug-likeness (QED) is 0.837. The second kappa shape index (κ2) is 6.01. The van der Waals surface area contributed by atoms with E-state index in [4.69, 9.17) is 18.0 Å². The van der Waals surface area contributed by atoms with Crippen LogP contribution in [0.25, 0.3) is 0 Å². The Morgan fingerprint density at radius 2 is 2.00 bits per heavy atom. The first-order valence-electron chi connectivity index (χ1n) is 6.40. The molecule has 2 aromatic carbocycles. The van der Waals surface area contributed by atoms with Crippen LogP contribution in [0.15, 0.2) is 42.5 Å². The maximum atomic E-state index is 13.3. The fraction of sp³-hybridized carbons (Fsp3) is 0.188. The molecule has 0 bridgehead atoms. The lowest BCUT2D eigenvalue weighted by atomic mass is 10.1. The van der Waals surface area contributed by atoms with Gasteiger partial charge in [0.1, 0.15) is 10.8 Å². The molecule has 0 saturated carbocycles. The van der Waals surface area contributed by atoms with Crippen LogP contribution >= 0.6 is 12.2 Å². The van der Waals surface area contributed by atoms with Crippen LogP contribution in [0.5, 0.6) is 0 Å². The Morgan fingerprint density at radius 1 is 1.25 bits per heavy atom. The van der Waals surface area contributed by atoms with Crippen LogP contribution in [0.3, 0.4) is 0 Å². The minimum atomic E-state index is -0.241. The van der Waals surface area contributed by atoms with Gasteiger partial charge in [-0.15, -0.1) is 0 Å². The highest BCUT2D eigenvalue weighted by Gasteiger charge is 2.10. The Hall–Kier alpha value is -1.94. The van der Waals surface area contributed by atoms with Crippen LogP contribution in [0.4, 0.5) is 10.1 Å². The molecule has 20 heavy (non-hydrogen) atoms. The molecule has 1 unspecified atom stereocenters. The van der Waals surface area contributed by atoms with E-state index in [1.807, 2.05) is 38.1 Å². The summed E-state index contributed by atoms with van der Waals surface area (Å²) >= 11 is 5.06. The van der Waals surface area contributed by atoms with E-state index >= 15 is 0 Å². The van der Waals surface area contributed by atoms with Crippen molar-refractivity contribution in [3.8, 4) is 0 Å². The minimum absolute atomic E-state index is 0.0411. The first kappa shape index (κ1) is 14.5. The number of hydrogen-bond acceptors (Lipinski definition) is 2. The number of nitrogens with one attached hydrogen (secondary N) is 1. The van der Waals surface area contributed by atoms with Crippen LogP contribution in [0, 0.1) is 12.7 Å². The van der Waals surface area contributed by atoms with E-state index in [0.29, 0.717) is 4.99 Å². The summed E-state index contributed by atoms with van der Waals surface area (Å²) in [5.74, 6) is -0.241. The summed E-state index contributed by atoms with van der Waals surface area (Å²) in [4.78, 5) is 0.346. The van der Waals surface area contributed by atoms with Gasteiger partial charge in [0.2, 0.25) is 0 Å². The molecular weight excluding hydrogens is 271 g/mol. The van der Waals surface area contributed by atoms with Gasteiger partial charge in [0.25, 0.3) is 0 Å². The smallest absolute Gasteiger partial charge is 0.123 e. The van der Waals surface area contributed by atoms with Crippen LogP contribution in [0.2, 0.25) is 0 Å². The summed E-state index contributed by atoms with van der Waals surface area (Å²) in [5, 5.41) is 3.34. The topological polar surface area (TPSA) is 38.0 Å². The van der Waals surface area contributed by atoms with Gasteiger partial charge in [-0.25, -0.2) is 4.39 Å². The maximum absolute atomic E-state index is 13.3. The zero-order valence-electron chi connectivity index (χ0n) is 11.5. The average Bonchev–Trinajstić information content (AvgIpc) is 2.38. The molecule has 1 atom stereocenters. The van der Waals surface area contributed by atoms with Crippen molar-refractivity contribution in [1.82, 2.24) is 0 Å². The summed E-state index contributed by atoms with van der Waals surface area (Å²) in [5.41, 5.74) is 9.39. The Morgan fingerprint density at radius 3 is 2.65 bits per heavy atom. The predicted molar refractivity (Wildman–Crippen MR) is 85.5 cm³/mol. The average molecular weight is 288 g/mol. The molecule has 0 spiro atoms. The third-order valence-electron chi connectivity index (χ3n) is 3.16. The van der Waals surface area contributed by atoms with Gasteiger partial charge in [-0.2, -0.15) is 0 Å². The van der Waals surface area contributed by atoms with E-state index < -0.39 is 0 Å². The first-order valence-corrected chi connectivity index (χ1v) is 6.80. The molecule has 0 amide bonds. The van der Waals surface area contributed by atoms with Crippen molar-refractivity contribution >= 4 is 22.9 Å². The summed E-state index contributed by atoms with van der Waals surface area (Å²) < 4.78 is 13.3. The molecule has 0 aliphatic rings. The predicted octanol–water partition coefficient (Wildman–Crippen LogP) is 3.94. The molecule has 0 fully saturated rings. The largest absolute Gasteiger partial charge is 0.389 e. The summed E-state index contributed by atoms with van der Waals surface area (Å²) in [6.07, 6.45) is 0.